The Hall–Kier alpha value is -5.98. The normalized spacial score (nSPS) is 13.2. The number of rotatable bonds is 13. The highest BCUT2D eigenvalue weighted by molar-refractivity contribution is 8.33. The molecule has 298 valence electrons. The van der Waals surface area contributed by atoms with Crippen LogP contribution in [0.2, 0.25) is 0 Å². The van der Waals surface area contributed by atoms with Gasteiger partial charge in [-0.05, 0) is 39.8 Å². The number of nitrogens with two attached hydrogens (primary N) is 1. The average molecular weight is 865 g/mol. The van der Waals surface area contributed by atoms with Gasteiger partial charge < -0.3 is 30.0 Å². The van der Waals surface area contributed by atoms with Crippen LogP contribution in [0.5, 0.6) is 23.5 Å². The van der Waals surface area contributed by atoms with Gasteiger partial charge in [-0.3, -0.25) is 29.8 Å². The van der Waals surface area contributed by atoms with Gasteiger partial charge in [-0.15, -0.1) is 10.2 Å². The Morgan fingerprint density at radius 1 is 0.690 bits per heavy atom. The molecule has 0 aliphatic carbocycles. The number of thioether (sulfide) groups is 4. The number of amides is 2. The van der Waals surface area contributed by atoms with E-state index in [9.17, 15) is 29.8 Å². The fourth-order valence-electron chi connectivity index (χ4n) is 6.27. The molecule has 3 N–H and O–H groups in total. The van der Waals surface area contributed by atoms with Gasteiger partial charge in [-0.25, -0.2) is 9.03 Å². The summed E-state index contributed by atoms with van der Waals surface area (Å²) in [7, 11) is 0. The Bertz CT molecular complexity index is 2800. The molecule has 2 aliphatic heterocycles. The van der Waals surface area contributed by atoms with Crippen LogP contribution in [0.3, 0.4) is 0 Å². The van der Waals surface area contributed by atoms with E-state index < -0.39 is 38.6 Å². The average Bonchev–Trinajstić information content (AvgIpc) is 4.02. The molecule has 0 fully saturated rings. The maximum Gasteiger partial charge on any atom is 0.336 e. The fourth-order valence-corrected chi connectivity index (χ4v) is 11.9. The van der Waals surface area contributed by atoms with Crippen molar-refractivity contribution in [2.24, 2.45) is 5.73 Å². The van der Waals surface area contributed by atoms with Crippen molar-refractivity contribution in [1.82, 2.24) is 29.2 Å². The lowest BCUT2D eigenvalue weighted by atomic mass is 10.2. The summed E-state index contributed by atoms with van der Waals surface area (Å²) in [5.41, 5.74) is 4.04. The van der Waals surface area contributed by atoms with Crippen LogP contribution in [0.1, 0.15) is 48.4 Å². The first kappa shape index (κ1) is 38.9. The molecule has 2 amide bonds. The van der Waals surface area contributed by atoms with Crippen LogP contribution in [-0.2, 0) is 0 Å². The van der Waals surface area contributed by atoms with Crippen molar-refractivity contribution in [2.45, 2.75) is 47.3 Å². The summed E-state index contributed by atoms with van der Waals surface area (Å²) >= 11 is 4.56. The number of nitrogens with zero attached hydrogens (tertiary/aromatic N) is 8. The third-order valence-electron chi connectivity index (χ3n) is 8.37. The van der Waals surface area contributed by atoms with E-state index >= 15 is 0 Å². The van der Waals surface area contributed by atoms with Crippen molar-refractivity contribution in [1.29, 1.82) is 0 Å². The zero-order valence-electron chi connectivity index (χ0n) is 30.6. The smallest absolute Gasteiger partial charge is 0.336 e. The molecule has 8 rings (SSSR count). The molecule has 58 heavy (non-hydrogen) atoms. The molecule has 0 atom stereocenters. The molecule has 4 aromatic heterocycles. The molecule has 0 bridgehead atoms. The Balaban J connectivity index is 1.35. The lowest BCUT2D eigenvalue weighted by molar-refractivity contribution is -0.386. The quantitative estimate of drug-likeness (QED) is 0.116. The largest absolute Gasteiger partial charge is 0.491 e. The molecule has 0 radical (unpaired) electrons. The summed E-state index contributed by atoms with van der Waals surface area (Å²) in [6, 6.07) is 8.32. The number of carbonyl (C=O) groups is 2. The summed E-state index contributed by atoms with van der Waals surface area (Å²) in [6.07, 6.45) is 0. The van der Waals surface area contributed by atoms with Gasteiger partial charge in [0.05, 0.1) is 64.3 Å². The number of para-hydroxylation sites is 1. The molecular weight excluding hydrogens is 837 g/mol. The van der Waals surface area contributed by atoms with Crippen molar-refractivity contribution in [3.05, 3.63) is 72.4 Å². The SMILES string of the molecule is CCOc1nc2c(C(N)=O)c([N+](=O)[O-])c(=C3Sc4c(OCC)c5c(c(OCC)c4S3)SC(=c3c([N+](=O)[O-])c(C(=O)Nc4ccccc4)c4nc(OCC)nn34)S5)n2n1. The van der Waals surface area contributed by atoms with Crippen molar-refractivity contribution in [3.8, 4) is 23.5 Å². The van der Waals surface area contributed by atoms with Gasteiger partial charge in [0, 0.05) is 5.69 Å². The monoisotopic (exact) mass is 864 g/mol. The highest BCUT2D eigenvalue weighted by atomic mass is 32.2. The zero-order valence-corrected chi connectivity index (χ0v) is 33.9. The van der Waals surface area contributed by atoms with E-state index in [1.54, 1.807) is 58.0 Å². The maximum absolute atomic E-state index is 13.9. The molecule has 24 heteroatoms. The Kier molecular flexibility index (Phi) is 10.3. The molecule has 2 aliphatic rings. The zero-order chi connectivity index (χ0) is 41.0. The van der Waals surface area contributed by atoms with E-state index in [-0.39, 0.29) is 66.0 Å². The predicted octanol–water partition coefficient (Wildman–Crippen LogP) is 4.90. The summed E-state index contributed by atoms with van der Waals surface area (Å²) in [6.45, 7) is 7.81. The molecule has 0 spiro atoms. The van der Waals surface area contributed by atoms with E-state index in [1.165, 1.54) is 9.03 Å². The number of hydrogen-bond donors (Lipinski definition) is 2. The number of nitro groups is 2. The summed E-state index contributed by atoms with van der Waals surface area (Å²) in [5.74, 6) is -1.08. The lowest BCUT2D eigenvalue weighted by Crippen LogP contribution is -2.18. The van der Waals surface area contributed by atoms with Crippen molar-refractivity contribution in [2.75, 3.05) is 31.7 Å². The number of hydrogen-bond acceptors (Lipinski definition) is 18. The number of benzene rings is 2. The van der Waals surface area contributed by atoms with E-state index in [4.69, 9.17) is 24.7 Å². The van der Waals surface area contributed by atoms with Gasteiger partial charge in [0.1, 0.15) is 11.5 Å². The Morgan fingerprint density at radius 3 is 1.50 bits per heavy atom. The van der Waals surface area contributed by atoms with Gasteiger partial charge in [0.2, 0.25) is 0 Å². The topological polar surface area (TPSA) is 256 Å². The number of aromatic nitrogens is 6. The van der Waals surface area contributed by atoms with Gasteiger partial charge in [-0.1, -0.05) is 65.2 Å². The van der Waals surface area contributed by atoms with Crippen molar-refractivity contribution in [3.63, 3.8) is 0 Å². The van der Waals surface area contributed by atoms with Crippen molar-refractivity contribution < 1.29 is 38.4 Å². The molecule has 6 aromatic rings. The highest BCUT2D eigenvalue weighted by Crippen LogP contribution is 2.68. The first-order valence-electron chi connectivity index (χ1n) is 17.4. The third kappa shape index (κ3) is 6.31. The summed E-state index contributed by atoms with van der Waals surface area (Å²) < 4.78 is 26.7. The van der Waals surface area contributed by atoms with Crippen LogP contribution in [0.15, 0.2) is 49.9 Å². The minimum atomic E-state index is -1.07. The second-order valence-corrected chi connectivity index (χ2v) is 16.4. The molecular formula is C34H28N10O10S4. The Morgan fingerprint density at radius 2 is 1.10 bits per heavy atom. The lowest BCUT2D eigenvalue weighted by Gasteiger charge is -2.16. The molecule has 0 unspecified atom stereocenters. The van der Waals surface area contributed by atoms with Crippen LogP contribution < -0.4 is 40.7 Å². The number of ether oxygens (including phenoxy) is 4. The van der Waals surface area contributed by atoms with E-state index in [0.29, 0.717) is 45.2 Å². The molecule has 20 nitrogen and oxygen atoms in total. The second-order valence-electron chi connectivity index (χ2n) is 11.8. The summed E-state index contributed by atoms with van der Waals surface area (Å²) in [4.78, 5) is 61.5. The number of nitrogens with one attached hydrogen (secondary N) is 1. The maximum atomic E-state index is 13.9. The van der Waals surface area contributed by atoms with Crippen LogP contribution in [0.4, 0.5) is 17.1 Å². The Labute approximate surface area is 342 Å². The second kappa shape index (κ2) is 15.4. The van der Waals surface area contributed by atoms with Crippen LogP contribution in [-0.4, -0.2) is 77.3 Å². The van der Waals surface area contributed by atoms with Crippen molar-refractivity contribution >= 4 is 95.7 Å². The molecule has 2 aromatic carbocycles. The van der Waals surface area contributed by atoms with Gasteiger partial charge in [-0.2, -0.15) is 9.97 Å². The molecule has 0 saturated heterocycles. The summed E-state index contributed by atoms with van der Waals surface area (Å²) in [5, 5.41) is 37.0. The number of primary amides is 1. The van der Waals surface area contributed by atoms with Gasteiger partial charge in [0.25, 0.3) is 11.8 Å². The third-order valence-corrected chi connectivity index (χ3v) is 13.5. The number of anilines is 1. The number of fused-ring (bicyclic) bond motifs is 4. The van der Waals surface area contributed by atoms with E-state index in [1.807, 2.05) is 0 Å². The first-order valence-corrected chi connectivity index (χ1v) is 20.6. The van der Waals surface area contributed by atoms with Crippen LogP contribution in [0, 0.1) is 20.2 Å². The standard InChI is InChI=1S/C34H28N10O10S4/c1-5-51-21-23-24(56-31(55-23)19-17(43(47)48)15(27(35)45)28-37-33(53-7-3)39-41(19)28)22(52-6-2)26-25(21)57-32(58-26)20-18(44(49)50)16(29-38-34(54-8-4)40-42(20)29)30(46)36-14-12-10-9-11-13-14/h9-13H,5-8H2,1-4H3,(H2,35,45)(H,36,46). The van der Waals surface area contributed by atoms with E-state index in [2.05, 4.69) is 25.5 Å². The molecule has 6 heterocycles. The van der Waals surface area contributed by atoms with Gasteiger partial charge in [0.15, 0.2) is 33.1 Å². The van der Waals surface area contributed by atoms with Crippen LogP contribution >= 0.6 is 47.0 Å². The predicted molar refractivity (Wildman–Crippen MR) is 214 cm³/mol. The molecule has 0 saturated carbocycles. The van der Waals surface area contributed by atoms with E-state index in [0.717, 1.165) is 47.0 Å². The number of carbonyl (C=O) groups excluding carboxylic acids is 2. The van der Waals surface area contributed by atoms with Gasteiger partial charge >= 0.3 is 23.4 Å². The first-order chi connectivity index (χ1) is 28.0. The minimum absolute atomic E-state index is 0.00875. The van der Waals surface area contributed by atoms with Crippen LogP contribution in [0.25, 0.3) is 19.8 Å². The highest BCUT2D eigenvalue weighted by Gasteiger charge is 2.42. The fraction of sp³-hybridized carbons (Fsp3) is 0.235. The minimum Gasteiger partial charge on any atom is -0.491 e.